The van der Waals surface area contributed by atoms with Crippen LogP contribution in [-0.4, -0.2) is 51.5 Å². The van der Waals surface area contributed by atoms with E-state index in [9.17, 15) is 15.0 Å². The molecule has 1 fully saturated rings. The van der Waals surface area contributed by atoms with Crippen LogP contribution in [0.4, 0.5) is 0 Å². The van der Waals surface area contributed by atoms with Crippen molar-refractivity contribution in [3.63, 3.8) is 0 Å². The molecular formula is C10H13NO5. The Labute approximate surface area is 91.7 Å². The highest BCUT2D eigenvalue weighted by Crippen LogP contribution is 2.16. The molecule has 3 N–H and O–H groups in total. The molecule has 1 aromatic heterocycles. The Morgan fingerprint density at radius 1 is 1.38 bits per heavy atom. The molecule has 0 bridgehead atoms. The highest BCUT2D eigenvalue weighted by Gasteiger charge is 2.29. The minimum absolute atomic E-state index is 0.102. The number of β-amino-alcohol motifs (C(OH)–C–C–N with tert-alkyl or cyclic N) is 2. The van der Waals surface area contributed by atoms with Crippen molar-refractivity contribution in [2.24, 2.45) is 0 Å². The van der Waals surface area contributed by atoms with Crippen LogP contribution in [0.25, 0.3) is 0 Å². The number of carboxylic acids is 1. The van der Waals surface area contributed by atoms with E-state index in [1.54, 1.807) is 11.0 Å². The summed E-state index contributed by atoms with van der Waals surface area (Å²) in [5.41, 5.74) is 0. The van der Waals surface area contributed by atoms with Gasteiger partial charge in [-0.25, -0.2) is 4.79 Å². The number of hydrogen-bond acceptors (Lipinski definition) is 5. The quantitative estimate of drug-likeness (QED) is 0.645. The number of rotatable bonds is 3. The highest BCUT2D eigenvalue weighted by atomic mass is 16.4. The first kappa shape index (κ1) is 11.1. The number of furan rings is 1. The molecule has 0 saturated carbocycles. The van der Waals surface area contributed by atoms with E-state index >= 15 is 0 Å². The Hall–Kier alpha value is -1.37. The molecule has 88 valence electrons. The Morgan fingerprint density at radius 2 is 2.00 bits per heavy atom. The van der Waals surface area contributed by atoms with Crippen molar-refractivity contribution < 1.29 is 24.5 Å². The maximum Gasteiger partial charge on any atom is 0.371 e. The van der Waals surface area contributed by atoms with Gasteiger partial charge in [0.15, 0.2) is 0 Å². The molecule has 0 unspecified atom stereocenters. The lowest BCUT2D eigenvalue weighted by Crippen LogP contribution is -2.22. The van der Waals surface area contributed by atoms with Gasteiger partial charge in [0.2, 0.25) is 5.76 Å². The van der Waals surface area contributed by atoms with Crippen molar-refractivity contribution in [1.29, 1.82) is 0 Å². The zero-order valence-corrected chi connectivity index (χ0v) is 8.54. The minimum atomic E-state index is -1.10. The molecule has 2 rings (SSSR count). The molecule has 0 spiro atoms. The van der Waals surface area contributed by atoms with Crippen molar-refractivity contribution >= 4 is 5.97 Å². The summed E-state index contributed by atoms with van der Waals surface area (Å²) >= 11 is 0. The number of carbonyl (C=O) groups is 1. The fraction of sp³-hybridized carbons (Fsp3) is 0.500. The first-order valence-corrected chi connectivity index (χ1v) is 4.97. The number of hydrogen-bond donors (Lipinski definition) is 3. The molecule has 0 aliphatic carbocycles. The Kier molecular flexibility index (Phi) is 2.95. The number of nitrogens with zero attached hydrogens (tertiary/aromatic N) is 1. The number of aliphatic hydroxyl groups excluding tert-OH is 2. The monoisotopic (exact) mass is 227 g/mol. The molecule has 16 heavy (non-hydrogen) atoms. The molecule has 6 nitrogen and oxygen atoms in total. The predicted molar refractivity (Wildman–Crippen MR) is 53.0 cm³/mol. The lowest BCUT2D eigenvalue weighted by molar-refractivity contribution is 0.0572. The van der Waals surface area contributed by atoms with Crippen molar-refractivity contribution in [1.82, 2.24) is 4.90 Å². The van der Waals surface area contributed by atoms with Gasteiger partial charge in [-0.1, -0.05) is 0 Å². The predicted octanol–water partition coefficient (Wildman–Crippen LogP) is -0.485. The second kappa shape index (κ2) is 4.25. The molecule has 6 heteroatoms. The number of carboxylic acid groups (broad SMARTS) is 1. The topological polar surface area (TPSA) is 94.1 Å². The van der Waals surface area contributed by atoms with Gasteiger partial charge in [0, 0.05) is 13.1 Å². The zero-order valence-electron chi connectivity index (χ0n) is 8.54. The summed E-state index contributed by atoms with van der Waals surface area (Å²) in [7, 11) is 0. The molecule has 1 aliphatic heterocycles. The molecule has 1 aromatic rings. The zero-order chi connectivity index (χ0) is 11.7. The molecule has 1 saturated heterocycles. The second-order valence-corrected chi connectivity index (χ2v) is 3.90. The maximum absolute atomic E-state index is 10.6. The van der Waals surface area contributed by atoms with Crippen molar-refractivity contribution in [3.05, 3.63) is 23.7 Å². The Balaban J connectivity index is 1.97. The molecule has 1 aliphatic rings. The molecule has 2 heterocycles. The number of likely N-dealkylation sites (tertiary alicyclic amines) is 1. The fourth-order valence-corrected chi connectivity index (χ4v) is 1.77. The summed E-state index contributed by atoms with van der Waals surface area (Å²) in [4.78, 5) is 12.4. The van der Waals surface area contributed by atoms with Gasteiger partial charge in [-0.3, -0.25) is 4.90 Å². The lowest BCUT2D eigenvalue weighted by Gasteiger charge is -2.11. The van der Waals surface area contributed by atoms with Crippen molar-refractivity contribution in [3.8, 4) is 0 Å². The number of aromatic carboxylic acids is 1. The molecule has 0 radical (unpaired) electrons. The van der Waals surface area contributed by atoms with E-state index in [0.29, 0.717) is 25.4 Å². The van der Waals surface area contributed by atoms with Gasteiger partial charge in [0.1, 0.15) is 5.76 Å². The van der Waals surface area contributed by atoms with E-state index in [1.165, 1.54) is 6.07 Å². The van der Waals surface area contributed by atoms with E-state index in [0.717, 1.165) is 0 Å². The van der Waals surface area contributed by atoms with E-state index < -0.39 is 18.2 Å². The SMILES string of the molecule is O=C(O)c1ccc(CN2C[C@@H](O)[C@@H](O)C2)o1. The van der Waals surface area contributed by atoms with Crippen LogP contribution in [0, 0.1) is 0 Å². The van der Waals surface area contributed by atoms with Crippen LogP contribution in [0.2, 0.25) is 0 Å². The molecule has 0 amide bonds. The average Bonchev–Trinajstić information content (AvgIpc) is 2.76. The average molecular weight is 227 g/mol. The van der Waals surface area contributed by atoms with Crippen molar-refractivity contribution in [2.75, 3.05) is 13.1 Å². The molecule has 0 aromatic carbocycles. The van der Waals surface area contributed by atoms with Crippen molar-refractivity contribution in [2.45, 2.75) is 18.8 Å². The van der Waals surface area contributed by atoms with Gasteiger partial charge in [-0.2, -0.15) is 0 Å². The van der Waals surface area contributed by atoms with E-state index in [2.05, 4.69) is 0 Å². The summed E-state index contributed by atoms with van der Waals surface area (Å²) in [5.74, 6) is -0.693. The van der Waals surface area contributed by atoms with Gasteiger partial charge in [0.25, 0.3) is 0 Å². The van der Waals surface area contributed by atoms with Crippen LogP contribution in [0.15, 0.2) is 16.5 Å². The Morgan fingerprint density at radius 3 is 2.50 bits per heavy atom. The van der Waals surface area contributed by atoms with Crippen LogP contribution in [0.5, 0.6) is 0 Å². The summed E-state index contributed by atoms with van der Waals surface area (Å²) < 4.78 is 5.07. The fourth-order valence-electron chi connectivity index (χ4n) is 1.77. The van der Waals surface area contributed by atoms with Crippen LogP contribution in [-0.2, 0) is 6.54 Å². The smallest absolute Gasteiger partial charge is 0.371 e. The minimum Gasteiger partial charge on any atom is -0.475 e. The van der Waals surface area contributed by atoms with E-state index in [-0.39, 0.29) is 5.76 Å². The third-order valence-electron chi connectivity index (χ3n) is 2.59. The number of aliphatic hydroxyl groups is 2. The largest absolute Gasteiger partial charge is 0.475 e. The van der Waals surface area contributed by atoms with Crippen LogP contribution in [0.3, 0.4) is 0 Å². The van der Waals surface area contributed by atoms with Gasteiger partial charge in [-0.05, 0) is 12.1 Å². The summed E-state index contributed by atoms with van der Waals surface area (Å²) in [5, 5.41) is 27.3. The molecule has 2 atom stereocenters. The van der Waals surface area contributed by atoms with Crippen LogP contribution >= 0.6 is 0 Å². The standard InChI is InChI=1S/C10H13NO5/c12-7-4-11(5-8(7)13)3-6-1-2-9(16-6)10(14)15/h1-2,7-8,12-13H,3-5H2,(H,14,15)/t7-,8+. The van der Waals surface area contributed by atoms with E-state index in [4.69, 9.17) is 9.52 Å². The third kappa shape index (κ3) is 2.24. The second-order valence-electron chi connectivity index (χ2n) is 3.90. The Bertz CT molecular complexity index is 378. The van der Waals surface area contributed by atoms with E-state index in [1.807, 2.05) is 0 Å². The van der Waals surface area contributed by atoms with Gasteiger partial charge >= 0.3 is 5.97 Å². The van der Waals surface area contributed by atoms with Gasteiger partial charge < -0.3 is 19.7 Å². The van der Waals surface area contributed by atoms with Crippen LogP contribution in [0.1, 0.15) is 16.3 Å². The van der Waals surface area contributed by atoms with Gasteiger partial charge in [-0.15, -0.1) is 0 Å². The molecular weight excluding hydrogens is 214 g/mol. The lowest BCUT2D eigenvalue weighted by atomic mass is 10.3. The summed E-state index contributed by atoms with van der Waals surface area (Å²) in [6.07, 6.45) is -1.48. The van der Waals surface area contributed by atoms with Gasteiger partial charge in [0.05, 0.1) is 18.8 Å². The normalized spacial score (nSPS) is 26.1. The first-order valence-electron chi connectivity index (χ1n) is 4.97. The van der Waals surface area contributed by atoms with Crippen LogP contribution < -0.4 is 0 Å². The first-order chi connectivity index (χ1) is 7.56. The highest BCUT2D eigenvalue weighted by molar-refractivity contribution is 5.84. The summed E-state index contributed by atoms with van der Waals surface area (Å²) in [6, 6.07) is 2.97. The third-order valence-corrected chi connectivity index (χ3v) is 2.59. The summed E-state index contributed by atoms with van der Waals surface area (Å²) in [6.45, 7) is 1.12. The maximum atomic E-state index is 10.6.